The van der Waals surface area contributed by atoms with E-state index in [4.69, 9.17) is 0 Å². The van der Waals surface area contributed by atoms with Crippen molar-refractivity contribution in [2.24, 2.45) is 0 Å². The van der Waals surface area contributed by atoms with Crippen molar-refractivity contribution in [1.29, 1.82) is 0 Å². The number of aromatic nitrogens is 4. The van der Waals surface area contributed by atoms with Gasteiger partial charge in [0.2, 0.25) is 0 Å². The van der Waals surface area contributed by atoms with Gasteiger partial charge in [0.25, 0.3) is 0 Å². The third kappa shape index (κ3) is 2.59. The largest absolute Gasteiger partial charge is 0.361 e. The van der Waals surface area contributed by atoms with Gasteiger partial charge in [-0.15, -0.1) is 5.10 Å². The van der Waals surface area contributed by atoms with Crippen LogP contribution in [0.15, 0.2) is 54.6 Å². The molecule has 1 unspecified atom stereocenters. The standard InChI is InChI=1S/C18H19N5/c1-14-11-12-15-7-5-6-10-17(15)22(14)13-18-19-20-21-23(18)16-8-3-2-4-9-16/h2-10,14H,11-13H2,1H3. The summed E-state index contributed by atoms with van der Waals surface area (Å²) in [6.07, 6.45) is 2.29. The third-order valence-electron chi connectivity index (χ3n) is 4.51. The molecular formula is C18H19N5. The lowest BCUT2D eigenvalue weighted by molar-refractivity contribution is 0.547. The maximum Gasteiger partial charge on any atom is 0.175 e. The van der Waals surface area contributed by atoms with Crippen LogP contribution in [-0.2, 0) is 13.0 Å². The number of nitrogens with zero attached hydrogens (tertiary/aromatic N) is 5. The van der Waals surface area contributed by atoms with Crippen molar-refractivity contribution in [2.45, 2.75) is 32.4 Å². The number of fused-ring (bicyclic) bond motifs is 1. The molecular weight excluding hydrogens is 286 g/mol. The predicted octanol–water partition coefficient (Wildman–Crippen LogP) is 3.00. The molecule has 5 nitrogen and oxygen atoms in total. The highest BCUT2D eigenvalue weighted by molar-refractivity contribution is 5.56. The molecule has 0 aliphatic carbocycles. The van der Waals surface area contributed by atoms with Gasteiger partial charge in [0, 0.05) is 11.7 Å². The fourth-order valence-corrected chi connectivity index (χ4v) is 3.23. The number of aryl methyl sites for hydroxylation is 1. The minimum Gasteiger partial charge on any atom is -0.361 e. The molecule has 0 N–H and O–H groups in total. The van der Waals surface area contributed by atoms with Gasteiger partial charge in [0.05, 0.1) is 12.2 Å². The van der Waals surface area contributed by atoms with E-state index >= 15 is 0 Å². The zero-order valence-electron chi connectivity index (χ0n) is 13.1. The van der Waals surface area contributed by atoms with E-state index in [1.54, 1.807) is 0 Å². The van der Waals surface area contributed by atoms with Gasteiger partial charge in [0.15, 0.2) is 5.82 Å². The summed E-state index contributed by atoms with van der Waals surface area (Å²) in [5, 5.41) is 12.3. The van der Waals surface area contributed by atoms with Crippen LogP contribution in [0.25, 0.3) is 5.69 Å². The number of para-hydroxylation sites is 2. The van der Waals surface area contributed by atoms with Gasteiger partial charge in [-0.25, -0.2) is 0 Å². The van der Waals surface area contributed by atoms with Crippen LogP contribution in [-0.4, -0.2) is 26.2 Å². The van der Waals surface area contributed by atoms with Crippen molar-refractivity contribution in [2.75, 3.05) is 4.90 Å². The lowest BCUT2D eigenvalue weighted by atomic mass is 9.96. The van der Waals surface area contributed by atoms with Gasteiger partial charge < -0.3 is 4.90 Å². The summed E-state index contributed by atoms with van der Waals surface area (Å²) in [5.41, 5.74) is 3.70. The summed E-state index contributed by atoms with van der Waals surface area (Å²) >= 11 is 0. The maximum atomic E-state index is 4.25. The molecule has 1 aromatic heterocycles. The third-order valence-corrected chi connectivity index (χ3v) is 4.51. The minimum atomic E-state index is 0.478. The Balaban J connectivity index is 1.68. The topological polar surface area (TPSA) is 46.8 Å². The SMILES string of the molecule is CC1CCc2ccccc2N1Cc1nnnn1-c1ccccc1. The average molecular weight is 305 g/mol. The van der Waals surface area contributed by atoms with E-state index in [0.29, 0.717) is 12.6 Å². The lowest BCUT2D eigenvalue weighted by Crippen LogP contribution is -2.37. The Morgan fingerprint density at radius 2 is 1.83 bits per heavy atom. The summed E-state index contributed by atoms with van der Waals surface area (Å²) in [6, 6.07) is 19.1. The second kappa shape index (κ2) is 5.83. The van der Waals surface area contributed by atoms with Crippen molar-refractivity contribution in [3.05, 3.63) is 66.0 Å². The Bertz CT molecular complexity index is 796. The molecule has 116 valence electrons. The van der Waals surface area contributed by atoms with Gasteiger partial charge in [-0.2, -0.15) is 4.68 Å². The highest BCUT2D eigenvalue weighted by atomic mass is 15.5. The molecule has 4 rings (SSSR count). The van der Waals surface area contributed by atoms with Gasteiger partial charge >= 0.3 is 0 Å². The molecule has 0 radical (unpaired) electrons. The molecule has 0 spiro atoms. The summed E-state index contributed by atoms with van der Waals surface area (Å²) in [7, 11) is 0. The Kier molecular flexibility index (Phi) is 3.54. The molecule has 2 heterocycles. The second-order valence-corrected chi connectivity index (χ2v) is 5.99. The predicted molar refractivity (Wildman–Crippen MR) is 89.6 cm³/mol. The summed E-state index contributed by atoms with van der Waals surface area (Å²) in [6.45, 7) is 2.98. The Labute approximate surface area is 135 Å². The lowest BCUT2D eigenvalue weighted by Gasteiger charge is -2.36. The molecule has 1 aliphatic heterocycles. The smallest absolute Gasteiger partial charge is 0.175 e. The zero-order chi connectivity index (χ0) is 15.6. The molecule has 1 aliphatic rings. The van der Waals surface area contributed by atoms with E-state index in [-0.39, 0.29) is 0 Å². The zero-order valence-corrected chi connectivity index (χ0v) is 13.1. The Hall–Kier alpha value is -2.69. The number of benzene rings is 2. The molecule has 3 aromatic rings. The van der Waals surface area contributed by atoms with Gasteiger partial charge in [-0.05, 0) is 54.0 Å². The van der Waals surface area contributed by atoms with E-state index in [1.165, 1.54) is 11.3 Å². The van der Waals surface area contributed by atoms with E-state index in [1.807, 2.05) is 35.0 Å². The molecule has 5 heteroatoms. The van der Waals surface area contributed by atoms with Gasteiger partial charge in [-0.3, -0.25) is 0 Å². The van der Waals surface area contributed by atoms with Crippen molar-refractivity contribution in [3.63, 3.8) is 0 Å². The number of hydrogen-bond donors (Lipinski definition) is 0. The molecule has 0 saturated carbocycles. The maximum absolute atomic E-state index is 4.25. The van der Waals surface area contributed by atoms with Crippen LogP contribution in [0.3, 0.4) is 0 Å². The van der Waals surface area contributed by atoms with Crippen LogP contribution in [0.5, 0.6) is 0 Å². The van der Waals surface area contributed by atoms with Crippen LogP contribution >= 0.6 is 0 Å². The molecule has 0 bridgehead atoms. The average Bonchev–Trinajstić information content (AvgIpc) is 3.06. The molecule has 23 heavy (non-hydrogen) atoms. The number of hydrogen-bond acceptors (Lipinski definition) is 4. The molecule has 0 amide bonds. The first kappa shape index (κ1) is 13.9. The van der Waals surface area contributed by atoms with E-state index < -0.39 is 0 Å². The van der Waals surface area contributed by atoms with Crippen LogP contribution in [0.2, 0.25) is 0 Å². The fraction of sp³-hybridized carbons (Fsp3) is 0.278. The first-order valence-electron chi connectivity index (χ1n) is 8.00. The van der Waals surface area contributed by atoms with Gasteiger partial charge in [-0.1, -0.05) is 36.4 Å². The van der Waals surface area contributed by atoms with E-state index in [0.717, 1.165) is 24.4 Å². The van der Waals surface area contributed by atoms with Crippen molar-refractivity contribution < 1.29 is 0 Å². The van der Waals surface area contributed by atoms with Crippen LogP contribution < -0.4 is 4.90 Å². The first-order chi connectivity index (χ1) is 11.3. The molecule has 1 atom stereocenters. The van der Waals surface area contributed by atoms with E-state index in [9.17, 15) is 0 Å². The molecule has 0 saturated heterocycles. The van der Waals surface area contributed by atoms with E-state index in [2.05, 4.69) is 51.6 Å². The van der Waals surface area contributed by atoms with Crippen LogP contribution in [0.1, 0.15) is 24.7 Å². The Morgan fingerprint density at radius 3 is 2.70 bits per heavy atom. The highest BCUT2D eigenvalue weighted by Gasteiger charge is 2.24. The van der Waals surface area contributed by atoms with Crippen LogP contribution in [0, 0.1) is 0 Å². The molecule has 2 aromatic carbocycles. The van der Waals surface area contributed by atoms with Crippen molar-refractivity contribution in [1.82, 2.24) is 20.2 Å². The van der Waals surface area contributed by atoms with Crippen molar-refractivity contribution >= 4 is 5.69 Å². The second-order valence-electron chi connectivity index (χ2n) is 5.99. The summed E-state index contributed by atoms with van der Waals surface area (Å²) < 4.78 is 1.82. The highest BCUT2D eigenvalue weighted by Crippen LogP contribution is 2.31. The van der Waals surface area contributed by atoms with Crippen LogP contribution in [0.4, 0.5) is 5.69 Å². The first-order valence-corrected chi connectivity index (χ1v) is 8.00. The molecule has 0 fully saturated rings. The minimum absolute atomic E-state index is 0.478. The van der Waals surface area contributed by atoms with Gasteiger partial charge in [0.1, 0.15) is 0 Å². The number of rotatable bonds is 3. The quantitative estimate of drug-likeness (QED) is 0.746. The number of anilines is 1. The summed E-state index contributed by atoms with van der Waals surface area (Å²) in [5.74, 6) is 0.861. The monoisotopic (exact) mass is 305 g/mol. The normalized spacial score (nSPS) is 17.1. The van der Waals surface area contributed by atoms with Crippen molar-refractivity contribution in [3.8, 4) is 5.69 Å². The fourth-order valence-electron chi connectivity index (χ4n) is 3.23. The summed E-state index contributed by atoms with van der Waals surface area (Å²) in [4.78, 5) is 2.41. The Morgan fingerprint density at radius 1 is 1.04 bits per heavy atom. The number of tetrazole rings is 1.